The van der Waals surface area contributed by atoms with Crippen molar-refractivity contribution >= 4 is 15.9 Å². The maximum Gasteiger partial charge on any atom is 0.0500 e. The lowest BCUT2D eigenvalue weighted by Gasteiger charge is -2.14. The molecule has 0 saturated heterocycles. The fourth-order valence-electron chi connectivity index (χ4n) is 1.49. The van der Waals surface area contributed by atoms with Gasteiger partial charge in [0.25, 0.3) is 0 Å². The van der Waals surface area contributed by atoms with Gasteiger partial charge in [0.05, 0.1) is 6.61 Å². The molecule has 1 atom stereocenters. The second kappa shape index (κ2) is 6.99. The van der Waals surface area contributed by atoms with Gasteiger partial charge in [-0.2, -0.15) is 0 Å². The van der Waals surface area contributed by atoms with E-state index < -0.39 is 0 Å². The first-order valence-electron chi connectivity index (χ1n) is 5.22. The van der Waals surface area contributed by atoms with Gasteiger partial charge in [0.2, 0.25) is 0 Å². The van der Waals surface area contributed by atoms with Crippen LogP contribution >= 0.6 is 15.9 Å². The normalized spacial score (nSPS) is 12.7. The van der Waals surface area contributed by atoms with Gasteiger partial charge in [-0.15, -0.1) is 0 Å². The number of ether oxygens (including phenoxy) is 1. The lowest BCUT2D eigenvalue weighted by molar-refractivity contribution is 0.130. The Labute approximate surface area is 99.4 Å². The van der Waals surface area contributed by atoms with Gasteiger partial charge in [0.15, 0.2) is 0 Å². The topological polar surface area (TPSA) is 29.5 Å². The van der Waals surface area contributed by atoms with Crippen molar-refractivity contribution in [3.05, 3.63) is 34.3 Å². The number of aliphatic hydroxyl groups is 1. The highest BCUT2D eigenvalue weighted by atomic mass is 79.9. The molecule has 0 aromatic heterocycles. The van der Waals surface area contributed by atoms with E-state index in [2.05, 4.69) is 15.9 Å². The van der Waals surface area contributed by atoms with E-state index in [-0.39, 0.29) is 12.5 Å². The summed E-state index contributed by atoms with van der Waals surface area (Å²) < 4.78 is 6.35. The van der Waals surface area contributed by atoms with E-state index in [9.17, 15) is 5.11 Å². The molecular weight excluding hydrogens is 256 g/mol. The smallest absolute Gasteiger partial charge is 0.0500 e. The number of hydrogen-bond acceptors (Lipinski definition) is 2. The van der Waals surface area contributed by atoms with Crippen molar-refractivity contribution in [2.24, 2.45) is 0 Å². The summed E-state index contributed by atoms with van der Waals surface area (Å²) in [7, 11) is 0. The molecular formula is C12H17BrO2. The van der Waals surface area contributed by atoms with Crippen LogP contribution in [0.3, 0.4) is 0 Å². The Balaban J connectivity index is 2.57. The molecule has 1 unspecified atom stereocenters. The van der Waals surface area contributed by atoms with Crippen LogP contribution in [0.4, 0.5) is 0 Å². The summed E-state index contributed by atoms with van der Waals surface area (Å²) in [5, 5.41) is 9.30. The third-order valence-electron chi connectivity index (χ3n) is 2.36. The van der Waals surface area contributed by atoms with Crippen molar-refractivity contribution in [1.82, 2.24) is 0 Å². The second-order valence-corrected chi connectivity index (χ2v) is 4.34. The Morgan fingerprint density at radius 3 is 2.87 bits per heavy atom. The molecule has 0 heterocycles. The van der Waals surface area contributed by atoms with E-state index in [1.807, 2.05) is 31.2 Å². The Morgan fingerprint density at radius 2 is 2.27 bits per heavy atom. The Morgan fingerprint density at radius 1 is 1.47 bits per heavy atom. The van der Waals surface area contributed by atoms with Gasteiger partial charge in [-0.3, -0.25) is 0 Å². The highest BCUT2D eigenvalue weighted by Crippen LogP contribution is 2.22. The number of halogens is 1. The maximum absolute atomic E-state index is 9.30. The van der Waals surface area contributed by atoms with Crippen molar-refractivity contribution in [2.45, 2.75) is 19.3 Å². The average Bonchev–Trinajstić information content (AvgIpc) is 2.24. The van der Waals surface area contributed by atoms with E-state index in [4.69, 9.17) is 4.74 Å². The monoisotopic (exact) mass is 272 g/mol. The van der Waals surface area contributed by atoms with E-state index >= 15 is 0 Å². The molecule has 1 N–H and O–H groups in total. The Kier molecular flexibility index (Phi) is 5.91. The highest BCUT2D eigenvalue weighted by molar-refractivity contribution is 9.10. The van der Waals surface area contributed by atoms with Crippen LogP contribution in [0.2, 0.25) is 0 Å². The van der Waals surface area contributed by atoms with Crippen LogP contribution < -0.4 is 0 Å². The quantitative estimate of drug-likeness (QED) is 0.807. The van der Waals surface area contributed by atoms with Crippen LogP contribution in [0, 0.1) is 0 Å². The van der Waals surface area contributed by atoms with Crippen LogP contribution in [-0.4, -0.2) is 24.9 Å². The van der Waals surface area contributed by atoms with Gasteiger partial charge in [-0.25, -0.2) is 0 Å². The molecule has 0 amide bonds. The lowest BCUT2D eigenvalue weighted by atomic mass is 9.97. The summed E-state index contributed by atoms with van der Waals surface area (Å²) in [6, 6.07) is 8.06. The van der Waals surface area contributed by atoms with Crippen LogP contribution in [0.1, 0.15) is 24.8 Å². The minimum absolute atomic E-state index is 0.170. The van der Waals surface area contributed by atoms with E-state index in [1.165, 1.54) is 0 Å². The summed E-state index contributed by atoms with van der Waals surface area (Å²) in [5.74, 6) is 0.175. The van der Waals surface area contributed by atoms with Crippen molar-refractivity contribution < 1.29 is 9.84 Å². The number of rotatable bonds is 6. The predicted octanol–water partition coefficient (Wildman–Crippen LogP) is 2.95. The van der Waals surface area contributed by atoms with Crippen molar-refractivity contribution in [1.29, 1.82) is 0 Å². The molecule has 2 nitrogen and oxygen atoms in total. The Hall–Kier alpha value is -0.380. The fourth-order valence-corrected chi connectivity index (χ4v) is 1.91. The van der Waals surface area contributed by atoms with E-state index in [1.54, 1.807) is 0 Å². The number of hydrogen-bond donors (Lipinski definition) is 1. The second-order valence-electron chi connectivity index (χ2n) is 3.42. The molecule has 0 aliphatic rings. The van der Waals surface area contributed by atoms with Gasteiger partial charge in [-0.05, 0) is 31.0 Å². The number of benzene rings is 1. The van der Waals surface area contributed by atoms with Gasteiger partial charge < -0.3 is 9.84 Å². The maximum atomic E-state index is 9.30. The molecule has 0 fully saturated rings. The van der Waals surface area contributed by atoms with Crippen molar-refractivity contribution in [2.75, 3.05) is 19.8 Å². The largest absolute Gasteiger partial charge is 0.396 e. The molecule has 0 aliphatic heterocycles. The first-order chi connectivity index (χ1) is 7.27. The SMILES string of the molecule is CCOCCC(CO)c1cccc(Br)c1. The summed E-state index contributed by atoms with van der Waals surface area (Å²) in [6.45, 7) is 3.58. The zero-order chi connectivity index (χ0) is 11.1. The third-order valence-corrected chi connectivity index (χ3v) is 2.85. The van der Waals surface area contributed by atoms with Gasteiger partial charge in [-0.1, -0.05) is 28.1 Å². The number of aliphatic hydroxyl groups excluding tert-OH is 1. The molecule has 0 spiro atoms. The summed E-state index contributed by atoms with van der Waals surface area (Å²) in [6.07, 6.45) is 0.862. The van der Waals surface area contributed by atoms with Crippen LogP contribution in [-0.2, 0) is 4.74 Å². The molecule has 1 aromatic carbocycles. The van der Waals surface area contributed by atoms with Gasteiger partial charge in [0, 0.05) is 23.6 Å². The third kappa shape index (κ3) is 4.33. The fraction of sp³-hybridized carbons (Fsp3) is 0.500. The molecule has 84 valence electrons. The van der Waals surface area contributed by atoms with Crippen molar-refractivity contribution in [3.8, 4) is 0 Å². The molecule has 0 aliphatic carbocycles. The first-order valence-corrected chi connectivity index (χ1v) is 6.01. The Bertz CT molecular complexity index is 289. The molecule has 0 saturated carbocycles. The first kappa shape index (κ1) is 12.7. The molecule has 15 heavy (non-hydrogen) atoms. The summed E-state index contributed by atoms with van der Waals surface area (Å²) in [5.41, 5.74) is 1.16. The zero-order valence-corrected chi connectivity index (χ0v) is 10.5. The van der Waals surface area contributed by atoms with Gasteiger partial charge >= 0.3 is 0 Å². The zero-order valence-electron chi connectivity index (χ0n) is 8.95. The van der Waals surface area contributed by atoms with E-state index in [0.717, 1.165) is 23.1 Å². The summed E-state index contributed by atoms with van der Waals surface area (Å²) >= 11 is 3.43. The van der Waals surface area contributed by atoms with Crippen LogP contribution in [0.25, 0.3) is 0 Å². The van der Waals surface area contributed by atoms with Crippen LogP contribution in [0.5, 0.6) is 0 Å². The summed E-state index contributed by atoms with van der Waals surface area (Å²) in [4.78, 5) is 0. The standard InChI is InChI=1S/C12H17BrO2/c1-2-15-7-6-11(9-14)10-4-3-5-12(13)8-10/h3-5,8,11,14H,2,6-7,9H2,1H3. The minimum Gasteiger partial charge on any atom is -0.396 e. The lowest BCUT2D eigenvalue weighted by Crippen LogP contribution is -2.08. The van der Waals surface area contributed by atoms with Crippen LogP contribution in [0.15, 0.2) is 28.7 Å². The molecule has 0 bridgehead atoms. The molecule has 1 aromatic rings. The van der Waals surface area contributed by atoms with Crippen molar-refractivity contribution in [3.63, 3.8) is 0 Å². The highest BCUT2D eigenvalue weighted by Gasteiger charge is 2.10. The molecule has 3 heteroatoms. The average molecular weight is 273 g/mol. The predicted molar refractivity (Wildman–Crippen MR) is 65.1 cm³/mol. The minimum atomic E-state index is 0.170. The molecule has 1 rings (SSSR count). The van der Waals surface area contributed by atoms with E-state index in [0.29, 0.717) is 6.61 Å². The molecule has 0 radical (unpaired) electrons. The van der Waals surface area contributed by atoms with Gasteiger partial charge in [0.1, 0.15) is 0 Å².